The van der Waals surface area contributed by atoms with Gasteiger partial charge in [-0.1, -0.05) is 401 Å². The van der Waals surface area contributed by atoms with Crippen LogP contribution in [0.3, 0.4) is 0 Å². The minimum absolute atomic E-state index is 0.232. The molecular weight excluding hydrogens is 1310 g/mol. The highest BCUT2D eigenvalue weighted by atomic mass is 16.7. The second kappa shape index (κ2) is 73.9. The molecule has 2 rings (SSSR count). The molecule has 0 radical (unpaired) electrons. The van der Waals surface area contributed by atoms with Crippen LogP contribution in [0.4, 0.5) is 0 Å². The van der Waals surface area contributed by atoms with E-state index in [4.69, 9.17) is 18.9 Å². The van der Waals surface area contributed by atoms with E-state index in [0.29, 0.717) is 6.42 Å². The Morgan fingerprint density at radius 2 is 0.657 bits per heavy atom. The van der Waals surface area contributed by atoms with E-state index < -0.39 is 86.8 Å². The molecule has 2 aliphatic heterocycles. The van der Waals surface area contributed by atoms with Crippen LogP contribution >= 0.6 is 0 Å². The number of unbranched alkanes of at least 4 members (excludes halogenated alkanes) is 50. The van der Waals surface area contributed by atoms with Gasteiger partial charge in [-0.05, 0) is 70.6 Å². The van der Waals surface area contributed by atoms with Crippen molar-refractivity contribution < 1.29 is 64.6 Å². The molecule has 2 saturated heterocycles. The molecule has 14 nitrogen and oxygen atoms in total. The zero-order chi connectivity index (χ0) is 75.8. The van der Waals surface area contributed by atoms with Gasteiger partial charge in [0.25, 0.3) is 0 Å². The number of aliphatic hydroxyl groups is 8. The van der Waals surface area contributed by atoms with Crippen LogP contribution in [0.2, 0.25) is 0 Å². The Hall–Kier alpha value is -2.83. The van der Waals surface area contributed by atoms with Crippen molar-refractivity contribution in [2.24, 2.45) is 0 Å². The third-order valence-electron chi connectivity index (χ3n) is 21.3. The van der Waals surface area contributed by atoms with Crippen molar-refractivity contribution >= 4 is 5.91 Å². The molecule has 12 atom stereocenters. The van der Waals surface area contributed by atoms with Gasteiger partial charge in [-0.2, -0.15) is 0 Å². The van der Waals surface area contributed by atoms with Crippen LogP contribution in [0.5, 0.6) is 0 Å². The molecule has 2 fully saturated rings. The van der Waals surface area contributed by atoms with Crippen LogP contribution in [0.15, 0.2) is 85.1 Å². The number of hydrogen-bond donors (Lipinski definition) is 9. The summed E-state index contributed by atoms with van der Waals surface area (Å²) in [6.07, 6.45) is 88.3. The molecule has 9 N–H and O–H groups in total. The molecule has 0 aromatic carbocycles. The van der Waals surface area contributed by atoms with Crippen LogP contribution in [-0.4, -0.2) is 140 Å². The Morgan fingerprint density at radius 3 is 1.01 bits per heavy atom. The average Bonchev–Trinajstić information content (AvgIpc) is 0.769. The Kier molecular flexibility index (Phi) is 69.2. The van der Waals surface area contributed by atoms with E-state index in [9.17, 15) is 45.6 Å². The first-order valence-electron chi connectivity index (χ1n) is 44.3. The molecule has 0 saturated carbocycles. The van der Waals surface area contributed by atoms with Gasteiger partial charge in [-0.25, -0.2) is 0 Å². The van der Waals surface area contributed by atoms with Crippen LogP contribution in [0.1, 0.15) is 393 Å². The third kappa shape index (κ3) is 56.1. The summed E-state index contributed by atoms with van der Waals surface area (Å²) in [5.41, 5.74) is 0. The molecule has 14 heteroatoms. The average molecular weight is 1480 g/mol. The van der Waals surface area contributed by atoms with Crippen LogP contribution in [0, 0.1) is 0 Å². The molecule has 2 aliphatic rings. The molecular formula is C91H165NO13. The SMILES string of the molecule is CC/C=C\C/C=C\C/C=C\C/C=C\C/C=C\C/C=C\CCCCCCCCCCCCCCCCCCCCCCCCC(=O)NC(COC1OC(CO)C(OC2OC(CO)C(O)C(O)C2O)C(O)C1O)C(O)/C=C/CCCCCCCCCCCCCCCCCCCCCCCCCCCCCC. The maximum atomic E-state index is 13.4. The fourth-order valence-electron chi connectivity index (χ4n) is 14.4. The second-order valence-electron chi connectivity index (χ2n) is 31.0. The third-order valence-corrected chi connectivity index (χ3v) is 21.3. The van der Waals surface area contributed by atoms with Gasteiger partial charge in [0.2, 0.25) is 5.91 Å². The summed E-state index contributed by atoms with van der Waals surface area (Å²) in [7, 11) is 0. The quantitative estimate of drug-likeness (QED) is 0.0204. The molecule has 0 aliphatic carbocycles. The highest BCUT2D eigenvalue weighted by Crippen LogP contribution is 2.31. The highest BCUT2D eigenvalue weighted by molar-refractivity contribution is 5.76. The predicted molar refractivity (Wildman–Crippen MR) is 438 cm³/mol. The molecule has 1 amide bonds. The summed E-state index contributed by atoms with van der Waals surface area (Å²) >= 11 is 0. The summed E-state index contributed by atoms with van der Waals surface area (Å²) < 4.78 is 23.0. The minimum Gasteiger partial charge on any atom is -0.394 e. The zero-order valence-corrected chi connectivity index (χ0v) is 67.5. The molecule has 0 bridgehead atoms. The van der Waals surface area contributed by atoms with Crippen molar-refractivity contribution in [2.45, 2.75) is 466 Å². The van der Waals surface area contributed by atoms with E-state index in [-0.39, 0.29) is 18.9 Å². The standard InChI is InChI=1S/C91H165NO13/c1-3-5-7-9-11-13-15-17-19-21-23-25-27-29-31-33-35-36-37-38-39-40-41-42-43-44-45-47-49-51-53-55-57-59-61-63-65-67-69-71-73-75-83(96)92-79(78-102-90-88(101)86(99)89(82(77-94)104-90)105-91-87(100)85(98)84(97)81(76-93)103-91)80(95)74-72-70-68-66-64-62-60-58-56-54-52-50-48-46-34-32-30-28-26-24-22-20-18-16-14-12-10-8-6-4-2/h5,7,11,13,17,19,23,25,29,31,35-36,72,74,79-82,84-91,93-95,97-101H,3-4,6,8-10,12,14-16,18,20-22,24,26-28,30,32-34,37-71,73,75-78H2,1-2H3,(H,92,96)/b7-5-,13-11-,19-17-,25-23-,31-29-,36-35-,74-72+. The molecule has 0 aromatic rings. The lowest BCUT2D eigenvalue weighted by atomic mass is 9.97. The maximum Gasteiger partial charge on any atom is 0.220 e. The van der Waals surface area contributed by atoms with Crippen LogP contribution in [0.25, 0.3) is 0 Å². The first-order chi connectivity index (χ1) is 51.6. The Morgan fingerprint density at radius 1 is 0.352 bits per heavy atom. The summed E-state index contributed by atoms with van der Waals surface area (Å²) in [4.78, 5) is 13.4. The van der Waals surface area contributed by atoms with E-state index in [1.165, 1.54) is 289 Å². The lowest BCUT2D eigenvalue weighted by Crippen LogP contribution is -2.65. The smallest absolute Gasteiger partial charge is 0.220 e. The van der Waals surface area contributed by atoms with E-state index in [0.717, 1.165) is 77.0 Å². The van der Waals surface area contributed by atoms with Gasteiger partial charge in [-0.15, -0.1) is 0 Å². The number of nitrogens with one attached hydrogen (secondary N) is 1. The van der Waals surface area contributed by atoms with Crippen LogP contribution in [-0.2, 0) is 23.7 Å². The summed E-state index contributed by atoms with van der Waals surface area (Å²) in [6, 6.07) is -0.918. The van der Waals surface area contributed by atoms with E-state index in [1.54, 1.807) is 6.08 Å². The molecule has 12 unspecified atom stereocenters. The number of carbonyl (C=O) groups excluding carboxylic acids is 1. The Bertz CT molecular complexity index is 2090. The zero-order valence-electron chi connectivity index (χ0n) is 67.5. The molecule has 0 spiro atoms. The number of amides is 1. The van der Waals surface area contributed by atoms with Crippen molar-refractivity contribution in [3.05, 3.63) is 85.1 Å². The Labute approximate surface area is 643 Å². The molecule has 612 valence electrons. The summed E-state index contributed by atoms with van der Waals surface area (Å²) in [6.45, 7) is 2.75. The number of carbonyl (C=O) groups is 1. The van der Waals surface area contributed by atoms with Gasteiger partial charge in [0.15, 0.2) is 12.6 Å². The van der Waals surface area contributed by atoms with E-state index in [2.05, 4.69) is 92.1 Å². The van der Waals surface area contributed by atoms with Crippen molar-refractivity contribution in [1.82, 2.24) is 5.32 Å². The van der Waals surface area contributed by atoms with Gasteiger partial charge in [0.1, 0.15) is 48.8 Å². The number of aliphatic hydroxyl groups excluding tert-OH is 8. The van der Waals surface area contributed by atoms with Crippen molar-refractivity contribution in [3.8, 4) is 0 Å². The first-order valence-corrected chi connectivity index (χ1v) is 44.3. The lowest BCUT2D eigenvalue weighted by molar-refractivity contribution is -0.359. The van der Waals surface area contributed by atoms with Gasteiger partial charge in [0.05, 0.1) is 32.0 Å². The normalized spacial score (nSPS) is 21.8. The van der Waals surface area contributed by atoms with Gasteiger partial charge in [-0.3, -0.25) is 4.79 Å². The topological polar surface area (TPSA) is 228 Å². The Balaban J connectivity index is 1.56. The lowest BCUT2D eigenvalue weighted by Gasteiger charge is -2.46. The highest BCUT2D eigenvalue weighted by Gasteiger charge is 2.51. The van der Waals surface area contributed by atoms with E-state index >= 15 is 0 Å². The number of ether oxygens (including phenoxy) is 4. The second-order valence-corrected chi connectivity index (χ2v) is 31.0. The summed E-state index contributed by atoms with van der Waals surface area (Å²) in [5.74, 6) is -0.232. The summed E-state index contributed by atoms with van der Waals surface area (Å²) in [5, 5.41) is 87.9. The van der Waals surface area contributed by atoms with Gasteiger partial charge in [0, 0.05) is 6.42 Å². The van der Waals surface area contributed by atoms with Gasteiger partial charge >= 0.3 is 0 Å². The van der Waals surface area contributed by atoms with E-state index in [1.807, 2.05) is 6.08 Å². The van der Waals surface area contributed by atoms with Gasteiger partial charge < -0.3 is 65.1 Å². The fraction of sp³-hybridized carbons (Fsp3) is 0.835. The molecule has 0 aromatic heterocycles. The fourth-order valence-corrected chi connectivity index (χ4v) is 14.4. The predicted octanol–water partition coefficient (Wildman–Crippen LogP) is 21.4. The molecule has 105 heavy (non-hydrogen) atoms. The number of rotatable bonds is 75. The minimum atomic E-state index is -1.79. The monoisotopic (exact) mass is 1480 g/mol. The van der Waals surface area contributed by atoms with Crippen molar-refractivity contribution in [3.63, 3.8) is 0 Å². The maximum absolute atomic E-state index is 13.4. The van der Waals surface area contributed by atoms with Crippen molar-refractivity contribution in [1.29, 1.82) is 0 Å². The van der Waals surface area contributed by atoms with Crippen LogP contribution < -0.4 is 5.32 Å². The van der Waals surface area contributed by atoms with Crippen molar-refractivity contribution in [2.75, 3.05) is 19.8 Å². The largest absolute Gasteiger partial charge is 0.394 e. The molecule has 2 heterocycles. The first kappa shape index (κ1) is 98.2. The number of hydrogen-bond acceptors (Lipinski definition) is 13. The number of allylic oxidation sites excluding steroid dienone is 13.